The Morgan fingerprint density at radius 1 is 0.394 bits per heavy atom. The van der Waals surface area contributed by atoms with Gasteiger partial charge in [-0.25, -0.2) is 15.0 Å². The molecule has 330 valence electrons. The van der Waals surface area contributed by atoms with Crippen LogP contribution in [-0.4, -0.2) is 19.9 Å². The lowest BCUT2D eigenvalue weighted by molar-refractivity contribution is 0.283. The molecular formula is C62H62N4. The van der Waals surface area contributed by atoms with Crippen LogP contribution in [0.3, 0.4) is 0 Å². The van der Waals surface area contributed by atoms with Crippen LogP contribution in [0.4, 0.5) is 0 Å². The molecule has 0 aliphatic heterocycles. The Balaban J connectivity index is 1.05. The summed E-state index contributed by atoms with van der Waals surface area (Å²) >= 11 is 0. The van der Waals surface area contributed by atoms with Crippen molar-refractivity contribution < 1.29 is 0 Å². The van der Waals surface area contributed by atoms with Crippen molar-refractivity contribution in [2.75, 3.05) is 0 Å². The zero-order chi connectivity index (χ0) is 46.4. The van der Waals surface area contributed by atoms with Gasteiger partial charge in [-0.1, -0.05) is 202 Å². The second-order valence-electron chi connectivity index (χ2n) is 22.8. The van der Waals surface area contributed by atoms with Crippen molar-refractivity contribution in [3.05, 3.63) is 191 Å². The molecule has 4 heteroatoms. The van der Waals surface area contributed by atoms with Gasteiger partial charge in [-0.05, 0) is 115 Å². The molecule has 66 heavy (non-hydrogen) atoms. The monoisotopic (exact) mass is 862 g/mol. The Morgan fingerprint density at radius 2 is 0.803 bits per heavy atom. The van der Waals surface area contributed by atoms with Crippen LogP contribution in [0.25, 0.3) is 67.7 Å². The lowest BCUT2D eigenvalue weighted by Crippen LogP contribution is -2.26. The minimum atomic E-state index is -0.418. The quantitative estimate of drug-likeness (QED) is 0.153. The summed E-state index contributed by atoms with van der Waals surface area (Å²) in [6.45, 7) is 25.4. The highest BCUT2D eigenvalue weighted by atomic mass is 15.0. The molecule has 0 saturated carbocycles. The Bertz CT molecular complexity index is 3000. The molecule has 0 saturated heterocycles. The smallest absolute Gasteiger partial charge is 0.165 e. The second kappa shape index (κ2) is 15.5. The van der Waals surface area contributed by atoms with Gasteiger partial charge in [-0.15, -0.1) is 0 Å². The summed E-state index contributed by atoms with van der Waals surface area (Å²) in [7, 11) is 0. The van der Waals surface area contributed by atoms with Crippen molar-refractivity contribution >= 4 is 0 Å². The molecule has 2 aliphatic rings. The zero-order valence-electron chi connectivity index (χ0n) is 40.6. The van der Waals surface area contributed by atoms with Crippen molar-refractivity contribution in [1.29, 1.82) is 0 Å². The molecule has 0 radical (unpaired) electrons. The highest BCUT2D eigenvalue weighted by Gasteiger charge is 2.51. The Morgan fingerprint density at radius 3 is 1.27 bits per heavy atom. The lowest BCUT2D eigenvalue weighted by Gasteiger charge is -2.33. The first-order chi connectivity index (χ1) is 31.3. The molecule has 0 amide bonds. The van der Waals surface area contributed by atoms with E-state index >= 15 is 0 Å². The summed E-state index contributed by atoms with van der Waals surface area (Å²) in [6.07, 6.45) is 4.08. The van der Waals surface area contributed by atoms with E-state index in [-0.39, 0.29) is 21.7 Å². The summed E-state index contributed by atoms with van der Waals surface area (Å²) in [6, 6.07) is 53.7. The molecule has 0 fully saturated rings. The number of aromatic nitrogens is 4. The Labute approximate surface area is 392 Å². The normalized spacial score (nSPS) is 13.9. The number of benzene rings is 6. The van der Waals surface area contributed by atoms with Crippen LogP contribution in [0.15, 0.2) is 152 Å². The third-order valence-corrected chi connectivity index (χ3v) is 14.0. The van der Waals surface area contributed by atoms with E-state index in [4.69, 9.17) is 19.9 Å². The minimum Gasteiger partial charge on any atom is -0.255 e. The van der Waals surface area contributed by atoms with E-state index < -0.39 is 5.41 Å². The fourth-order valence-electron chi connectivity index (χ4n) is 11.9. The number of aryl methyl sites for hydroxylation is 1. The van der Waals surface area contributed by atoms with Gasteiger partial charge in [-0.3, -0.25) is 4.98 Å². The number of pyridine rings is 1. The molecule has 8 aromatic rings. The van der Waals surface area contributed by atoms with Crippen LogP contribution in [-0.2, 0) is 16.2 Å². The predicted octanol–water partition coefficient (Wildman–Crippen LogP) is 16.0. The molecule has 0 bridgehead atoms. The molecule has 2 aliphatic carbocycles. The molecule has 10 rings (SSSR count). The Hall–Kier alpha value is -6.52. The van der Waals surface area contributed by atoms with Gasteiger partial charge in [-0.2, -0.15) is 0 Å². The fraction of sp³-hybridized carbons (Fsp3) is 0.290. The Kier molecular flexibility index (Phi) is 10.2. The van der Waals surface area contributed by atoms with Crippen molar-refractivity contribution in [3.8, 4) is 67.7 Å². The van der Waals surface area contributed by atoms with Gasteiger partial charge in [0.15, 0.2) is 17.5 Å². The first kappa shape index (κ1) is 43.4. The van der Waals surface area contributed by atoms with E-state index in [1.54, 1.807) is 0 Å². The lowest BCUT2D eigenvalue weighted by atomic mass is 9.70. The van der Waals surface area contributed by atoms with Crippen molar-refractivity contribution in [2.24, 2.45) is 10.8 Å². The van der Waals surface area contributed by atoms with Gasteiger partial charge in [0.25, 0.3) is 0 Å². The average Bonchev–Trinajstić information content (AvgIpc) is 3.74. The van der Waals surface area contributed by atoms with E-state index in [0.29, 0.717) is 17.5 Å². The second-order valence-corrected chi connectivity index (χ2v) is 22.8. The molecule has 6 aromatic carbocycles. The van der Waals surface area contributed by atoms with Crippen molar-refractivity contribution in [2.45, 2.75) is 105 Å². The van der Waals surface area contributed by atoms with E-state index in [1.807, 2.05) is 6.20 Å². The first-order valence-corrected chi connectivity index (χ1v) is 23.7. The third-order valence-electron chi connectivity index (χ3n) is 14.0. The molecule has 0 unspecified atom stereocenters. The third kappa shape index (κ3) is 7.59. The van der Waals surface area contributed by atoms with Crippen LogP contribution < -0.4 is 0 Å². The predicted molar refractivity (Wildman–Crippen MR) is 275 cm³/mol. The summed E-state index contributed by atoms with van der Waals surface area (Å²) in [5.41, 5.74) is 19.2. The van der Waals surface area contributed by atoms with Crippen LogP contribution in [0.1, 0.15) is 121 Å². The number of rotatable bonds is 8. The van der Waals surface area contributed by atoms with Crippen molar-refractivity contribution in [3.63, 3.8) is 0 Å². The van der Waals surface area contributed by atoms with Gasteiger partial charge in [0, 0.05) is 28.5 Å². The minimum absolute atomic E-state index is 0.0244. The number of hydrogen-bond donors (Lipinski definition) is 0. The van der Waals surface area contributed by atoms with Crippen LogP contribution in [0, 0.1) is 17.8 Å². The fourth-order valence-corrected chi connectivity index (χ4v) is 11.9. The molecule has 0 atom stereocenters. The molecule has 2 aromatic heterocycles. The molecule has 4 nitrogen and oxygen atoms in total. The molecule has 2 heterocycles. The summed E-state index contributed by atoms with van der Waals surface area (Å²) in [5.74, 6) is 1.89. The van der Waals surface area contributed by atoms with Gasteiger partial charge < -0.3 is 0 Å². The molecule has 1 spiro atoms. The van der Waals surface area contributed by atoms with Gasteiger partial charge in [0.1, 0.15) is 0 Å². The summed E-state index contributed by atoms with van der Waals surface area (Å²) < 4.78 is 0. The molecular weight excluding hydrogens is 801 g/mol. The van der Waals surface area contributed by atoms with Gasteiger partial charge in [0.2, 0.25) is 0 Å². The van der Waals surface area contributed by atoms with E-state index in [0.717, 1.165) is 40.8 Å². The van der Waals surface area contributed by atoms with Gasteiger partial charge in [0.05, 0.1) is 11.1 Å². The standard InChI is InChI=1S/C62H62N4/c1-39-20-31-48-49-32-25-42(35-53(49)62(52(48)34-39)50-18-14-12-16-46(50)47-17-13-15-19-51(47)62)54-33-26-43(36-63-54)57-65-55(40-21-27-44(28-22-40)60(8,9)37-58(2,3)4)64-56(66-57)41-23-29-45(30-24-41)61(10,11)38-59(5,6)7/h12-36H,37-38H2,1-11H3. The average molecular weight is 863 g/mol. The maximum atomic E-state index is 5.16. The number of hydrogen-bond acceptors (Lipinski definition) is 4. The maximum Gasteiger partial charge on any atom is 0.165 e. The topological polar surface area (TPSA) is 51.6 Å². The summed E-state index contributed by atoms with van der Waals surface area (Å²) in [4.78, 5) is 20.6. The maximum absolute atomic E-state index is 5.16. The van der Waals surface area contributed by atoms with Gasteiger partial charge >= 0.3 is 0 Å². The SMILES string of the molecule is Cc1ccc2c(c1)C1(c3ccccc3-c3ccccc31)c1cc(-c3ccc(-c4nc(-c5ccc(C(C)(C)CC(C)(C)C)cc5)nc(-c5ccc(C(C)(C)CC(C)(C)C)cc5)n4)cn3)ccc1-2. The van der Waals surface area contributed by atoms with E-state index in [2.05, 4.69) is 222 Å². The van der Waals surface area contributed by atoms with E-state index in [1.165, 1.54) is 61.2 Å². The highest BCUT2D eigenvalue weighted by molar-refractivity contribution is 5.96. The van der Waals surface area contributed by atoms with Crippen LogP contribution >= 0.6 is 0 Å². The van der Waals surface area contributed by atoms with Crippen LogP contribution in [0.5, 0.6) is 0 Å². The number of fused-ring (bicyclic) bond motifs is 10. The molecule has 0 N–H and O–H groups in total. The number of nitrogens with zero attached hydrogens (tertiary/aromatic N) is 4. The van der Waals surface area contributed by atoms with Crippen molar-refractivity contribution in [1.82, 2.24) is 19.9 Å². The highest BCUT2D eigenvalue weighted by Crippen LogP contribution is 2.63. The summed E-state index contributed by atoms with van der Waals surface area (Å²) in [5, 5.41) is 0. The zero-order valence-corrected chi connectivity index (χ0v) is 40.6. The first-order valence-electron chi connectivity index (χ1n) is 23.7. The largest absolute Gasteiger partial charge is 0.255 e. The van der Waals surface area contributed by atoms with E-state index in [9.17, 15) is 0 Å². The van der Waals surface area contributed by atoms with Crippen LogP contribution in [0.2, 0.25) is 0 Å².